The van der Waals surface area contributed by atoms with Crippen LogP contribution in [0.15, 0.2) is 48.5 Å². The monoisotopic (exact) mass is 365 g/mol. The van der Waals surface area contributed by atoms with Crippen LogP contribution in [0.2, 0.25) is 0 Å². The third kappa shape index (κ3) is 3.92. The largest absolute Gasteiger partial charge is 0.454 e. The molecule has 0 unspecified atom stereocenters. The van der Waals surface area contributed by atoms with Gasteiger partial charge in [-0.05, 0) is 31.9 Å². The van der Waals surface area contributed by atoms with E-state index in [1.54, 1.807) is 36.1 Å². The summed E-state index contributed by atoms with van der Waals surface area (Å²) in [5, 5.41) is 0. The van der Waals surface area contributed by atoms with Gasteiger partial charge in [0.25, 0.3) is 0 Å². The molecule has 1 aliphatic heterocycles. The number of rotatable bonds is 5. The molecule has 140 valence electrons. The van der Waals surface area contributed by atoms with Crippen LogP contribution < -0.4 is 4.90 Å². The molecule has 1 saturated heterocycles. The fourth-order valence-corrected chi connectivity index (χ4v) is 3.47. The van der Waals surface area contributed by atoms with Crippen molar-refractivity contribution in [2.24, 2.45) is 5.92 Å². The molecule has 2 aromatic carbocycles. The zero-order valence-electron chi connectivity index (χ0n) is 15.8. The fourth-order valence-electron chi connectivity index (χ4n) is 3.47. The van der Waals surface area contributed by atoms with Gasteiger partial charge in [-0.15, -0.1) is 0 Å². The van der Waals surface area contributed by atoms with Crippen molar-refractivity contribution in [1.82, 2.24) is 0 Å². The van der Waals surface area contributed by atoms with Crippen LogP contribution in [0, 0.1) is 19.8 Å². The first-order valence-electron chi connectivity index (χ1n) is 9.05. The van der Waals surface area contributed by atoms with Gasteiger partial charge in [0.05, 0.1) is 5.92 Å². The molecule has 0 N–H and O–H groups in total. The summed E-state index contributed by atoms with van der Waals surface area (Å²) in [6.45, 7) is 5.73. The SMILES string of the molecule is Cc1cccc(C)c1N1C[C@@H](C(=O)O[C@H](C)C(=O)c2ccccc2)CC1=O. The zero-order valence-corrected chi connectivity index (χ0v) is 15.8. The van der Waals surface area contributed by atoms with Gasteiger partial charge in [0.1, 0.15) is 0 Å². The van der Waals surface area contributed by atoms with Gasteiger partial charge in [-0.2, -0.15) is 0 Å². The number of para-hydroxylation sites is 1. The number of benzene rings is 2. The second-order valence-electron chi connectivity index (χ2n) is 6.96. The number of ether oxygens (including phenoxy) is 1. The number of hydrogen-bond donors (Lipinski definition) is 0. The quantitative estimate of drug-likeness (QED) is 0.601. The number of carbonyl (C=O) groups excluding carboxylic acids is 3. The fraction of sp³-hybridized carbons (Fsp3) is 0.318. The van der Waals surface area contributed by atoms with Gasteiger partial charge in [-0.25, -0.2) is 0 Å². The van der Waals surface area contributed by atoms with Gasteiger partial charge in [0, 0.05) is 24.2 Å². The number of carbonyl (C=O) groups is 3. The minimum absolute atomic E-state index is 0.0961. The van der Waals surface area contributed by atoms with E-state index >= 15 is 0 Å². The molecule has 3 rings (SSSR count). The van der Waals surface area contributed by atoms with E-state index in [2.05, 4.69) is 0 Å². The summed E-state index contributed by atoms with van der Waals surface area (Å²) in [5.74, 6) is -1.42. The molecular weight excluding hydrogens is 342 g/mol. The van der Waals surface area contributed by atoms with E-state index in [4.69, 9.17) is 4.74 Å². The van der Waals surface area contributed by atoms with Gasteiger partial charge < -0.3 is 9.64 Å². The Hall–Kier alpha value is -2.95. The maximum Gasteiger partial charge on any atom is 0.312 e. The van der Waals surface area contributed by atoms with E-state index in [9.17, 15) is 14.4 Å². The number of nitrogens with zero attached hydrogens (tertiary/aromatic N) is 1. The van der Waals surface area contributed by atoms with E-state index in [0.717, 1.165) is 16.8 Å². The molecule has 1 fully saturated rings. The molecule has 5 heteroatoms. The van der Waals surface area contributed by atoms with Crippen LogP contribution in [0.25, 0.3) is 0 Å². The lowest BCUT2D eigenvalue weighted by atomic mass is 10.1. The summed E-state index contributed by atoms with van der Waals surface area (Å²) in [6, 6.07) is 14.6. The Kier molecular flexibility index (Phi) is 5.40. The van der Waals surface area contributed by atoms with E-state index in [1.807, 2.05) is 38.1 Å². The maximum absolute atomic E-state index is 12.5. The highest BCUT2D eigenvalue weighted by atomic mass is 16.5. The number of anilines is 1. The number of ketones is 1. The summed E-state index contributed by atoms with van der Waals surface area (Å²) < 4.78 is 5.38. The van der Waals surface area contributed by atoms with Crippen molar-refractivity contribution < 1.29 is 19.1 Å². The van der Waals surface area contributed by atoms with Crippen LogP contribution >= 0.6 is 0 Å². The van der Waals surface area contributed by atoms with Crippen LogP contribution in [0.4, 0.5) is 5.69 Å². The van der Waals surface area contributed by atoms with Crippen LogP contribution in [-0.4, -0.2) is 30.3 Å². The minimum atomic E-state index is -0.885. The Morgan fingerprint density at radius 3 is 2.30 bits per heavy atom. The average molecular weight is 365 g/mol. The lowest BCUT2D eigenvalue weighted by Crippen LogP contribution is -2.31. The van der Waals surface area contributed by atoms with E-state index in [1.165, 1.54) is 0 Å². The first kappa shape index (κ1) is 18.8. The average Bonchev–Trinajstić information content (AvgIpc) is 3.03. The normalized spacial score (nSPS) is 17.7. The third-order valence-corrected chi connectivity index (χ3v) is 4.89. The topological polar surface area (TPSA) is 63.7 Å². The number of hydrogen-bond acceptors (Lipinski definition) is 4. The Bertz CT molecular complexity index is 855. The van der Waals surface area contributed by atoms with Crippen molar-refractivity contribution in [3.8, 4) is 0 Å². The summed E-state index contributed by atoms with van der Waals surface area (Å²) in [7, 11) is 0. The Balaban J connectivity index is 1.68. The molecule has 2 aromatic rings. The molecule has 0 saturated carbocycles. The molecule has 0 radical (unpaired) electrons. The molecule has 1 aliphatic rings. The van der Waals surface area contributed by atoms with Gasteiger partial charge in [-0.1, -0.05) is 48.5 Å². The summed E-state index contributed by atoms with van der Waals surface area (Å²) in [4.78, 5) is 39.0. The molecule has 27 heavy (non-hydrogen) atoms. The van der Waals surface area contributed by atoms with Crippen LogP contribution in [0.3, 0.4) is 0 Å². The lowest BCUT2D eigenvalue weighted by Gasteiger charge is -2.21. The van der Waals surface area contributed by atoms with Gasteiger partial charge >= 0.3 is 5.97 Å². The van der Waals surface area contributed by atoms with E-state index < -0.39 is 18.0 Å². The lowest BCUT2D eigenvalue weighted by molar-refractivity contribution is -0.151. The summed E-state index contributed by atoms with van der Waals surface area (Å²) in [5.41, 5.74) is 3.33. The first-order valence-corrected chi connectivity index (χ1v) is 9.05. The number of esters is 1. The first-order chi connectivity index (χ1) is 12.9. The standard InChI is InChI=1S/C22H23NO4/c1-14-8-7-9-15(2)20(14)23-13-18(12-19(23)24)22(26)27-16(3)21(25)17-10-5-4-6-11-17/h4-11,16,18H,12-13H2,1-3H3/t16-,18+/m1/s1. The van der Waals surface area contributed by atoms with Crippen molar-refractivity contribution in [3.63, 3.8) is 0 Å². The number of Topliss-reactive ketones (excluding diaryl/α,β-unsaturated/α-hetero) is 1. The zero-order chi connectivity index (χ0) is 19.6. The predicted molar refractivity (Wildman–Crippen MR) is 103 cm³/mol. The Morgan fingerprint density at radius 1 is 1.04 bits per heavy atom. The predicted octanol–water partition coefficient (Wildman–Crippen LogP) is 3.47. The van der Waals surface area contributed by atoms with Crippen LogP contribution in [-0.2, 0) is 14.3 Å². The number of amides is 1. The molecular formula is C22H23NO4. The second kappa shape index (κ2) is 7.74. The molecule has 1 amide bonds. The molecule has 0 aromatic heterocycles. The van der Waals surface area contributed by atoms with Crippen molar-refractivity contribution >= 4 is 23.3 Å². The second-order valence-corrected chi connectivity index (χ2v) is 6.96. The van der Waals surface area contributed by atoms with Crippen LogP contribution in [0.5, 0.6) is 0 Å². The van der Waals surface area contributed by atoms with Gasteiger partial charge in [0.2, 0.25) is 11.7 Å². The van der Waals surface area contributed by atoms with Crippen molar-refractivity contribution in [2.75, 3.05) is 11.4 Å². The van der Waals surface area contributed by atoms with Gasteiger partial charge in [-0.3, -0.25) is 14.4 Å². The van der Waals surface area contributed by atoms with E-state index in [0.29, 0.717) is 5.56 Å². The smallest absolute Gasteiger partial charge is 0.312 e. The summed E-state index contributed by atoms with van der Waals surface area (Å²) >= 11 is 0. The highest BCUT2D eigenvalue weighted by molar-refractivity contribution is 6.02. The molecule has 0 aliphatic carbocycles. The number of aryl methyl sites for hydroxylation is 2. The summed E-state index contributed by atoms with van der Waals surface area (Å²) in [6.07, 6.45) is -0.789. The molecule has 2 atom stereocenters. The van der Waals surface area contributed by atoms with Gasteiger partial charge in [0.15, 0.2) is 6.10 Å². The Labute approximate surface area is 158 Å². The molecule has 0 bridgehead atoms. The minimum Gasteiger partial charge on any atom is -0.454 e. The van der Waals surface area contributed by atoms with Crippen molar-refractivity contribution in [3.05, 3.63) is 65.2 Å². The highest BCUT2D eigenvalue weighted by Crippen LogP contribution is 2.31. The highest BCUT2D eigenvalue weighted by Gasteiger charge is 2.38. The van der Waals surface area contributed by atoms with Crippen molar-refractivity contribution in [2.45, 2.75) is 33.3 Å². The van der Waals surface area contributed by atoms with Crippen molar-refractivity contribution in [1.29, 1.82) is 0 Å². The molecule has 1 heterocycles. The maximum atomic E-state index is 12.5. The molecule has 0 spiro atoms. The third-order valence-electron chi connectivity index (χ3n) is 4.89. The molecule has 5 nitrogen and oxygen atoms in total. The Morgan fingerprint density at radius 2 is 1.67 bits per heavy atom. The van der Waals surface area contributed by atoms with E-state index in [-0.39, 0.29) is 24.7 Å². The van der Waals surface area contributed by atoms with Crippen LogP contribution in [0.1, 0.15) is 34.8 Å².